The molecule has 2 bridgehead atoms. The smallest absolute Gasteiger partial charge is 0.337 e. The number of nitrogens with zero attached hydrogens (tertiary/aromatic N) is 1. The average molecular weight is 478 g/mol. The summed E-state index contributed by atoms with van der Waals surface area (Å²) < 4.78 is 11.1. The van der Waals surface area contributed by atoms with E-state index in [2.05, 4.69) is 22.0 Å². The highest BCUT2D eigenvalue weighted by Crippen LogP contribution is 2.52. The summed E-state index contributed by atoms with van der Waals surface area (Å²) in [5.41, 5.74) is 5.55. The molecule has 0 saturated carbocycles. The molecule has 2 atom stereocenters. The molecule has 156 valence electrons. The van der Waals surface area contributed by atoms with Crippen molar-refractivity contribution < 1.29 is 19.1 Å². The molecule has 3 aliphatic rings. The van der Waals surface area contributed by atoms with Crippen LogP contribution < -0.4 is 4.74 Å². The zero-order valence-electron chi connectivity index (χ0n) is 17.1. The highest BCUT2D eigenvalue weighted by atomic mass is 79.9. The molecular weight excluding hydrogens is 458 g/mol. The molecule has 0 radical (unpaired) electrons. The first-order chi connectivity index (χ1) is 15.0. The lowest BCUT2D eigenvalue weighted by molar-refractivity contribution is -0.136. The van der Waals surface area contributed by atoms with Crippen LogP contribution in [0.15, 0.2) is 65.1 Å². The minimum atomic E-state index is -0.439. The summed E-state index contributed by atoms with van der Waals surface area (Å²) in [6.45, 7) is 0.494. The van der Waals surface area contributed by atoms with E-state index in [0.717, 1.165) is 38.0 Å². The summed E-state index contributed by atoms with van der Waals surface area (Å²) in [6, 6.07) is 19.2. The molecule has 0 spiro atoms. The molecule has 1 aliphatic carbocycles. The van der Waals surface area contributed by atoms with Crippen LogP contribution in [-0.4, -0.2) is 31.0 Å². The Morgan fingerprint density at radius 1 is 0.935 bits per heavy atom. The number of halogens is 1. The second kappa shape index (κ2) is 7.54. The number of hydrogen-bond donors (Lipinski definition) is 0. The van der Waals surface area contributed by atoms with E-state index in [1.54, 1.807) is 13.2 Å². The van der Waals surface area contributed by atoms with Crippen molar-refractivity contribution in [2.24, 2.45) is 0 Å². The van der Waals surface area contributed by atoms with Gasteiger partial charge in [0.05, 0.1) is 31.7 Å². The summed E-state index contributed by atoms with van der Waals surface area (Å²) in [5.74, 6) is -0.0101. The monoisotopic (exact) mass is 477 g/mol. The number of benzene rings is 3. The van der Waals surface area contributed by atoms with Gasteiger partial charge in [-0.05, 0) is 64.2 Å². The standard InChI is InChI=1S/C25H20BrNO4/c1-30-17-7-3-14(4-8-17)13-27-23-19-9-5-15(25(29)31-2)11-20(19)22(24(27)28)18-10-6-16(26)12-21(18)23/h3-12,22-23H,13H2,1-2H3. The fourth-order valence-electron chi connectivity index (χ4n) is 4.69. The Morgan fingerprint density at radius 2 is 1.68 bits per heavy atom. The first-order valence-corrected chi connectivity index (χ1v) is 10.8. The number of methoxy groups -OCH3 is 2. The Hall–Kier alpha value is -3.12. The van der Waals surface area contributed by atoms with E-state index >= 15 is 0 Å². The minimum Gasteiger partial charge on any atom is -0.497 e. The van der Waals surface area contributed by atoms with Crippen molar-refractivity contribution in [3.05, 3.63) is 98.5 Å². The molecule has 3 aromatic rings. The van der Waals surface area contributed by atoms with Crippen molar-refractivity contribution >= 4 is 27.8 Å². The third-order valence-electron chi connectivity index (χ3n) is 6.12. The SMILES string of the molecule is COC(=O)c1ccc2c(c1)C1C(=O)N(Cc3ccc(OC)cc3)C2c2cc(Br)ccc21. The van der Waals surface area contributed by atoms with Gasteiger partial charge in [0.25, 0.3) is 0 Å². The molecule has 31 heavy (non-hydrogen) atoms. The van der Waals surface area contributed by atoms with Crippen LogP contribution in [0.3, 0.4) is 0 Å². The summed E-state index contributed by atoms with van der Waals surface area (Å²) in [6.07, 6.45) is 0. The number of esters is 1. The minimum absolute atomic E-state index is 0.0464. The van der Waals surface area contributed by atoms with E-state index in [9.17, 15) is 9.59 Å². The summed E-state index contributed by atoms with van der Waals surface area (Å²) in [7, 11) is 3.00. The topological polar surface area (TPSA) is 55.8 Å². The van der Waals surface area contributed by atoms with Gasteiger partial charge in [0.15, 0.2) is 0 Å². The van der Waals surface area contributed by atoms with E-state index in [1.165, 1.54) is 7.11 Å². The fourth-order valence-corrected chi connectivity index (χ4v) is 5.07. The maximum Gasteiger partial charge on any atom is 0.337 e. The van der Waals surface area contributed by atoms with Gasteiger partial charge in [-0.1, -0.05) is 40.2 Å². The maximum absolute atomic E-state index is 13.6. The second-order valence-corrected chi connectivity index (χ2v) is 8.67. The first-order valence-electron chi connectivity index (χ1n) is 9.96. The van der Waals surface area contributed by atoms with Gasteiger partial charge in [0.2, 0.25) is 5.91 Å². The normalized spacial score (nSPS) is 18.4. The van der Waals surface area contributed by atoms with Gasteiger partial charge in [0.1, 0.15) is 5.75 Å². The van der Waals surface area contributed by atoms with Gasteiger partial charge in [-0.2, -0.15) is 0 Å². The number of ether oxygens (including phenoxy) is 2. The van der Waals surface area contributed by atoms with Gasteiger partial charge in [-0.25, -0.2) is 4.79 Å². The predicted molar refractivity (Wildman–Crippen MR) is 119 cm³/mol. The second-order valence-electron chi connectivity index (χ2n) is 7.76. The molecule has 2 unspecified atom stereocenters. The fraction of sp³-hybridized carbons (Fsp3) is 0.200. The molecule has 2 aliphatic heterocycles. The predicted octanol–water partition coefficient (Wildman–Crippen LogP) is 4.82. The van der Waals surface area contributed by atoms with Crippen molar-refractivity contribution in [1.82, 2.24) is 4.90 Å². The lowest BCUT2D eigenvalue weighted by Crippen LogP contribution is -2.47. The van der Waals surface area contributed by atoms with Crippen molar-refractivity contribution in [3.8, 4) is 5.75 Å². The van der Waals surface area contributed by atoms with Crippen LogP contribution in [0.2, 0.25) is 0 Å². The van der Waals surface area contributed by atoms with Crippen molar-refractivity contribution in [2.45, 2.75) is 18.5 Å². The molecule has 5 nitrogen and oxygen atoms in total. The average Bonchev–Trinajstić information content (AvgIpc) is 2.80. The zero-order valence-corrected chi connectivity index (χ0v) is 18.7. The quantitative estimate of drug-likeness (QED) is 0.505. The lowest BCUT2D eigenvalue weighted by Gasteiger charge is -2.47. The van der Waals surface area contributed by atoms with E-state index in [4.69, 9.17) is 9.47 Å². The van der Waals surface area contributed by atoms with Gasteiger partial charge in [-0.3, -0.25) is 4.79 Å². The highest BCUT2D eigenvalue weighted by molar-refractivity contribution is 9.10. The van der Waals surface area contributed by atoms with Crippen LogP contribution in [0.25, 0.3) is 0 Å². The largest absolute Gasteiger partial charge is 0.497 e. The summed E-state index contributed by atoms with van der Waals surface area (Å²) >= 11 is 3.58. The Morgan fingerprint density at radius 3 is 2.39 bits per heavy atom. The number of carbonyl (C=O) groups is 2. The van der Waals surface area contributed by atoms with E-state index < -0.39 is 11.9 Å². The van der Waals surface area contributed by atoms with Crippen molar-refractivity contribution in [3.63, 3.8) is 0 Å². The van der Waals surface area contributed by atoms with Crippen LogP contribution in [-0.2, 0) is 16.1 Å². The van der Waals surface area contributed by atoms with Crippen LogP contribution in [0.5, 0.6) is 5.75 Å². The first kappa shape index (κ1) is 19.8. The molecule has 0 aromatic heterocycles. The molecular formula is C25H20BrNO4. The molecule has 0 N–H and O–H groups in total. The molecule has 0 saturated heterocycles. The van der Waals surface area contributed by atoms with Crippen LogP contribution >= 0.6 is 15.9 Å². The Balaban J connectivity index is 1.63. The van der Waals surface area contributed by atoms with E-state index in [1.807, 2.05) is 53.4 Å². The molecule has 2 heterocycles. The number of carbonyl (C=O) groups excluding carboxylic acids is 2. The van der Waals surface area contributed by atoms with E-state index in [-0.39, 0.29) is 11.9 Å². The molecule has 6 heteroatoms. The third kappa shape index (κ3) is 3.13. The van der Waals surface area contributed by atoms with Gasteiger partial charge in [0, 0.05) is 11.0 Å². The number of fused-ring (bicyclic) bond motifs is 1. The van der Waals surface area contributed by atoms with E-state index in [0.29, 0.717) is 12.1 Å². The van der Waals surface area contributed by atoms with Gasteiger partial charge < -0.3 is 14.4 Å². The lowest BCUT2D eigenvalue weighted by atomic mass is 9.70. The Labute approximate surface area is 188 Å². The molecule has 1 amide bonds. The van der Waals surface area contributed by atoms with Crippen LogP contribution in [0, 0.1) is 0 Å². The zero-order chi connectivity index (χ0) is 21.7. The van der Waals surface area contributed by atoms with Crippen LogP contribution in [0.4, 0.5) is 0 Å². The van der Waals surface area contributed by atoms with Gasteiger partial charge in [-0.15, -0.1) is 0 Å². The summed E-state index contributed by atoms with van der Waals surface area (Å²) in [5, 5.41) is 0. The summed E-state index contributed by atoms with van der Waals surface area (Å²) in [4.78, 5) is 27.7. The highest BCUT2D eigenvalue weighted by Gasteiger charge is 2.47. The molecule has 0 fully saturated rings. The number of hydrogen-bond acceptors (Lipinski definition) is 4. The molecule has 3 aromatic carbocycles. The third-order valence-corrected chi connectivity index (χ3v) is 6.61. The molecule has 6 rings (SSSR count). The Kier molecular flexibility index (Phi) is 4.82. The van der Waals surface area contributed by atoms with Crippen molar-refractivity contribution in [2.75, 3.05) is 14.2 Å². The van der Waals surface area contributed by atoms with Crippen LogP contribution in [0.1, 0.15) is 50.1 Å². The number of rotatable bonds is 4. The van der Waals surface area contributed by atoms with Gasteiger partial charge >= 0.3 is 5.97 Å². The maximum atomic E-state index is 13.6. The van der Waals surface area contributed by atoms with Crippen molar-refractivity contribution in [1.29, 1.82) is 0 Å². The number of amides is 1. The Bertz CT molecular complexity index is 1200.